The number of carbonyl (C=O) groups excluding carboxylic acids is 1. The molecule has 0 aliphatic rings. The predicted octanol–water partition coefficient (Wildman–Crippen LogP) is 3.30. The first kappa shape index (κ1) is 18.1. The normalized spacial score (nSPS) is 10.2. The lowest BCUT2D eigenvalue weighted by Gasteiger charge is -2.14. The molecule has 1 aromatic carbocycles. The monoisotopic (exact) mass is 309 g/mol. The summed E-state index contributed by atoms with van der Waals surface area (Å²) in [5.41, 5.74) is 0.913. The number of methoxy groups -OCH3 is 3. The lowest BCUT2D eigenvalue weighted by Crippen LogP contribution is -2.22. The summed E-state index contributed by atoms with van der Waals surface area (Å²) in [5, 5.41) is 2.93. The molecule has 1 rings (SSSR count). The molecular formula is C17H27NO4. The van der Waals surface area contributed by atoms with Crippen molar-refractivity contribution in [3.63, 3.8) is 0 Å². The van der Waals surface area contributed by atoms with E-state index in [2.05, 4.69) is 12.2 Å². The molecule has 1 N–H and O–H groups in total. The number of ether oxygens (including phenoxy) is 3. The van der Waals surface area contributed by atoms with Gasteiger partial charge in [0, 0.05) is 13.0 Å². The highest BCUT2D eigenvalue weighted by atomic mass is 16.5. The van der Waals surface area contributed by atoms with Gasteiger partial charge >= 0.3 is 0 Å². The SMILES string of the molecule is CCCCCCC(=O)NCc1cc(OC)c(OC)c(OC)c1. The van der Waals surface area contributed by atoms with Gasteiger partial charge in [-0.1, -0.05) is 26.2 Å². The number of carbonyl (C=O) groups is 1. The van der Waals surface area contributed by atoms with Crippen LogP contribution in [0.25, 0.3) is 0 Å². The molecular weight excluding hydrogens is 282 g/mol. The van der Waals surface area contributed by atoms with Crippen LogP contribution >= 0.6 is 0 Å². The first-order valence-electron chi connectivity index (χ1n) is 7.71. The van der Waals surface area contributed by atoms with Crippen LogP contribution in [-0.2, 0) is 11.3 Å². The van der Waals surface area contributed by atoms with Crippen molar-refractivity contribution in [2.45, 2.75) is 45.6 Å². The van der Waals surface area contributed by atoms with Crippen molar-refractivity contribution in [3.05, 3.63) is 17.7 Å². The fourth-order valence-corrected chi connectivity index (χ4v) is 2.24. The maximum atomic E-state index is 11.8. The van der Waals surface area contributed by atoms with E-state index >= 15 is 0 Å². The number of hydrogen-bond acceptors (Lipinski definition) is 4. The van der Waals surface area contributed by atoms with Crippen LogP contribution in [0, 0.1) is 0 Å². The number of benzene rings is 1. The number of rotatable bonds is 10. The van der Waals surface area contributed by atoms with Crippen LogP contribution in [0.15, 0.2) is 12.1 Å². The molecule has 1 aromatic rings. The van der Waals surface area contributed by atoms with Gasteiger partial charge in [0.2, 0.25) is 11.7 Å². The maximum absolute atomic E-state index is 11.8. The van der Waals surface area contributed by atoms with Crippen molar-refractivity contribution in [1.82, 2.24) is 5.32 Å². The number of amides is 1. The zero-order valence-electron chi connectivity index (χ0n) is 14.0. The molecule has 0 unspecified atom stereocenters. The Kier molecular flexibility index (Phi) is 8.18. The van der Waals surface area contributed by atoms with Crippen LogP contribution in [0.1, 0.15) is 44.6 Å². The summed E-state index contributed by atoms with van der Waals surface area (Å²) in [7, 11) is 4.72. The van der Waals surface area contributed by atoms with Gasteiger partial charge in [-0.3, -0.25) is 4.79 Å². The quantitative estimate of drug-likeness (QED) is 0.674. The highest BCUT2D eigenvalue weighted by Crippen LogP contribution is 2.38. The van der Waals surface area contributed by atoms with Crippen molar-refractivity contribution in [3.8, 4) is 17.2 Å². The zero-order valence-corrected chi connectivity index (χ0v) is 14.0. The standard InChI is InChI=1S/C17H27NO4/c1-5-6-7-8-9-16(19)18-12-13-10-14(20-2)17(22-4)15(11-13)21-3/h10-11H,5-9,12H2,1-4H3,(H,18,19). The smallest absolute Gasteiger partial charge is 0.220 e. The lowest BCUT2D eigenvalue weighted by molar-refractivity contribution is -0.121. The molecule has 5 heteroatoms. The highest BCUT2D eigenvalue weighted by Gasteiger charge is 2.13. The molecule has 0 atom stereocenters. The van der Waals surface area contributed by atoms with Crippen molar-refractivity contribution in [2.24, 2.45) is 0 Å². The molecule has 0 radical (unpaired) electrons. The Hall–Kier alpha value is -1.91. The molecule has 0 aliphatic heterocycles. The van der Waals surface area contributed by atoms with E-state index in [9.17, 15) is 4.79 Å². The van der Waals surface area contributed by atoms with Crippen molar-refractivity contribution in [1.29, 1.82) is 0 Å². The van der Waals surface area contributed by atoms with Crippen LogP contribution in [0.4, 0.5) is 0 Å². The third-order valence-electron chi connectivity index (χ3n) is 3.47. The molecule has 0 aliphatic carbocycles. The van der Waals surface area contributed by atoms with Crippen LogP contribution in [0.3, 0.4) is 0 Å². The van der Waals surface area contributed by atoms with E-state index in [4.69, 9.17) is 14.2 Å². The Bertz CT molecular complexity index is 449. The van der Waals surface area contributed by atoms with Crippen LogP contribution in [0.5, 0.6) is 17.2 Å². The summed E-state index contributed by atoms with van der Waals surface area (Å²) in [5.74, 6) is 1.81. The Morgan fingerprint density at radius 2 is 1.64 bits per heavy atom. The van der Waals surface area contributed by atoms with Gasteiger partial charge in [0.1, 0.15) is 0 Å². The molecule has 0 heterocycles. The first-order chi connectivity index (χ1) is 10.7. The minimum absolute atomic E-state index is 0.0739. The Labute approximate surface area is 132 Å². The van der Waals surface area contributed by atoms with E-state index in [1.54, 1.807) is 21.3 Å². The fourth-order valence-electron chi connectivity index (χ4n) is 2.24. The second-order valence-electron chi connectivity index (χ2n) is 5.12. The van der Waals surface area contributed by atoms with Gasteiger partial charge in [0.15, 0.2) is 11.5 Å². The zero-order chi connectivity index (χ0) is 16.4. The molecule has 0 spiro atoms. The minimum Gasteiger partial charge on any atom is -0.493 e. The molecule has 0 bridgehead atoms. The van der Waals surface area contributed by atoms with Crippen LogP contribution < -0.4 is 19.5 Å². The number of nitrogens with one attached hydrogen (secondary N) is 1. The molecule has 0 fully saturated rings. The molecule has 5 nitrogen and oxygen atoms in total. The van der Waals surface area contributed by atoms with Gasteiger partial charge in [0.05, 0.1) is 21.3 Å². The van der Waals surface area contributed by atoms with E-state index in [1.807, 2.05) is 12.1 Å². The van der Waals surface area contributed by atoms with E-state index in [-0.39, 0.29) is 5.91 Å². The Morgan fingerprint density at radius 3 is 2.14 bits per heavy atom. The minimum atomic E-state index is 0.0739. The fraction of sp³-hybridized carbons (Fsp3) is 0.588. The average molecular weight is 309 g/mol. The first-order valence-corrected chi connectivity index (χ1v) is 7.71. The van der Waals surface area contributed by atoms with E-state index in [0.29, 0.717) is 30.2 Å². The molecule has 0 saturated heterocycles. The topological polar surface area (TPSA) is 56.8 Å². The number of unbranched alkanes of at least 4 members (excludes halogenated alkanes) is 3. The van der Waals surface area contributed by atoms with Gasteiger partial charge in [-0.05, 0) is 24.1 Å². The molecule has 1 amide bonds. The van der Waals surface area contributed by atoms with Crippen LogP contribution in [-0.4, -0.2) is 27.2 Å². The number of hydrogen-bond donors (Lipinski definition) is 1. The second-order valence-corrected chi connectivity index (χ2v) is 5.12. The average Bonchev–Trinajstić information content (AvgIpc) is 2.55. The van der Waals surface area contributed by atoms with Crippen molar-refractivity contribution >= 4 is 5.91 Å². The van der Waals surface area contributed by atoms with E-state index in [0.717, 1.165) is 18.4 Å². The van der Waals surface area contributed by atoms with E-state index in [1.165, 1.54) is 12.8 Å². The largest absolute Gasteiger partial charge is 0.493 e. The molecule has 124 valence electrons. The van der Waals surface area contributed by atoms with Crippen molar-refractivity contribution in [2.75, 3.05) is 21.3 Å². The lowest BCUT2D eigenvalue weighted by atomic mass is 10.1. The summed E-state index contributed by atoms with van der Waals surface area (Å²) < 4.78 is 15.9. The second kappa shape index (κ2) is 9.92. The molecule has 0 saturated carbocycles. The Morgan fingerprint density at radius 1 is 1.00 bits per heavy atom. The van der Waals surface area contributed by atoms with E-state index < -0.39 is 0 Å². The molecule has 22 heavy (non-hydrogen) atoms. The van der Waals surface area contributed by atoms with Crippen LogP contribution in [0.2, 0.25) is 0 Å². The van der Waals surface area contributed by atoms with Crippen molar-refractivity contribution < 1.29 is 19.0 Å². The molecule has 0 aromatic heterocycles. The third-order valence-corrected chi connectivity index (χ3v) is 3.47. The highest BCUT2D eigenvalue weighted by molar-refractivity contribution is 5.75. The maximum Gasteiger partial charge on any atom is 0.220 e. The third kappa shape index (κ3) is 5.47. The summed E-state index contributed by atoms with van der Waals surface area (Å²) in [6, 6.07) is 3.69. The van der Waals surface area contributed by atoms with Gasteiger partial charge < -0.3 is 19.5 Å². The summed E-state index contributed by atoms with van der Waals surface area (Å²) in [4.78, 5) is 11.8. The summed E-state index contributed by atoms with van der Waals surface area (Å²) in [6.07, 6.45) is 4.97. The van der Waals surface area contributed by atoms with Gasteiger partial charge in [-0.25, -0.2) is 0 Å². The van der Waals surface area contributed by atoms with Gasteiger partial charge in [-0.15, -0.1) is 0 Å². The van der Waals surface area contributed by atoms with Gasteiger partial charge in [0.25, 0.3) is 0 Å². The summed E-state index contributed by atoms with van der Waals surface area (Å²) in [6.45, 7) is 2.61. The summed E-state index contributed by atoms with van der Waals surface area (Å²) >= 11 is 0. The van der Waals surface area contributed by atoms with Gasteiger partial charge in [-0.2, -0.15) is 0 Å². The predicted molar refractivity (Wildman–Crippen MR) is 86.7 cm³/mol. The Balaban J connectivity index is 2.60.